The van der Waals surface area contributed by atoms with Crippen LogP contribution in [0.25, 0.3) is 28.2 Å². The minimum atomic E-state index is -0.418. The molecule has 4 aromatic carbocycles. The van der Waals surface area contributed by atoms with Crippen molar-refractivity contribution in [3.05, 3.63) is 136 Å². The SMILES string of the molecule is O=[N+]([O-])c1cccc(N=Cc2cc(-c3ccccc3)n(-c3ccc(Cl)cc3)c2-c2ccccc2)c1. The van der Waals surface area contributed by atoms with Gasteiger partial charge in [0.25, 0.3) is 5.69 Å². The van der Waals surface area contributed by atoms with Crippen molar-refractivity contribution in [1.82, 2.24) is 4.57 Å². The summed E-state index contributed by atoms with van der Waals surface area (Å²) in [5.74, 6) is 0. The first kappa shape index (κ1) is 22.3. The molecule has 0 fully saturated rings. The molecule has 5 nitrogen and oxygen atoms in total. The largest absolute Gasteiger partial charge is 0.309 e. The highest BCUT2D eigenvalue weighted by Crippen LogP contribution is 2.36. The van der Waals surface area contributed by atoms with Crippen LogP contribution in [0.3, 0.4) is 0 Å². The maximum Gasteiger partial charge on any atom is 0.271 e. The monoisotopic (exact) mass is 477 g/mol. The summed E-state index contributed by atoms with van der Waals surface area (Å²) in [6, 6.07) is 36.3. The molecular weight excluding hydrogens is 458 g/mol. The van der Waals surface area contributed by atoms with Crippen molar-refractivity contribution < 1.29 is 4.92 Å². The summed E-state index contributed by atoms with van der Waals surface area (Å²) >= 11 is 6.19. The number of aliphatic imine (C=N–C) groups is 1. The van der Waals surface area contributed by atoms with E-state index in [1.165, 1.54) is 12.1 Å². The normalized spacial score (nSPS) is 11.1. The number of hydrogen-bond donors (Lipinski definition) is 0. The second-order valence-electron chi connectivity index (χ2n) is 7.91. The predicted molar refractivity (Wildman–Crippen MR) is 142 cm³/mol. The van der Waals surface area contributed by atoms with Crippen LogP contribution in [0.5, 0.6) is 0 Å². The van der Waals surface area contributed by atoms with E-state index >= 15 is 0 Å². The fourth-order valence-electron chi connectivity index (χ4n) is 4.03. The summed E-state index contributed by atoms with van der Waals surface area (Å²) in [7, 11) is 0. The fourth-order valence-corrected chi connectivity index (χ4v) is 4.16. The molecule has 0 bridgehead atoms. The van der Waals surface area contributed by atoms with Crippen molar-refractivity contribution >= 4 is 29.2 Å². The zero-order chi connectivity index (χ0) is 24.2. The van der Waals surface area contributed by atoms with Gasteiger partial charge in [0.05, 0.1) is 22.0 Å². The van der Waals surface area contributed by atoms with Gasteiger partial charge in [-0.05, 0) is 47.5 Å². The molecule has 0 N–H and O–H groups in total. The first-order valence-corrected chi connectivity index (χ1v) is 11.4. The number of nitro benzene ring substituents is 1. The summed E-state index contributed by atoms with van der Waals surface area (Å²) in [6.45, 7) is 0. The van der Waals surface area contributed by atoms with Crippen LogP contribution < -0.4 is 0 Å². The highest BCUT2D eigenvalue weighted by molar-refractivity contribution is 6.30. The first-order valence-electron chi connectivity index (χ1n) is 11.0. The molecule has 0 spiro atoms. The Hall–Kier alpha value is -4.48. The van der Waals surface area contributed by atoms with Gasteiger partial charge in [-0.15, -0.1) is 0 Å². The van der Waals surface area contributed by atoms with Crippen molar-refractivity contribution in [1.29, 1.82) is 0 Å². The number of nitro groups is 1. The van der Waals surface area contributed by atoms with Gasteiger partial charge < -0.3 is 4.57 Å². The van der Waals surface area contributed by atoms with Crippen LogP contribution in [0.2, 0.25) is 5.02 Å². The zero-order valence-electron chi connectivity index (χ0n) is 18.6. The van der Waals surface area contributed by atoms with E-state index in [0.29, 0.717) is 10.7 Å². The van der Waals surface area contributed by atoms with E-state index in [1.807, 2.05) is 60.7 Å². The van der Waals surface area contributed by atoms with Gasteiger partial charge in [0.1, 0.15) is 0 Å². The molecule has 0 aliphatic heterocycles. The molecule has 0 radical (unpaired) electrons. The van der Waals surface area contributed by atoms with Crippen LogP contribution in [0.1, 0.15) is 5.56 Å². The molecule has 0 aliphatic rings. The third-order valence-corrected chi connectivity index (χ3v) is 5.88. The molecule has 0 unspecified atom stereocenters. The van der Waals surface area contributed by atoms with E-state index in [0.717, 1.165) is 33.8 Å². The van der Waals surface area contributed by atoms with E-state index in [4.69, 9.17) is 11.6 Å². The quantitative estimate of drug-likeness (QED) is 0.141. The third-order valence-electron chi connectivity index (χ3n) is 5.63. The topological polar surface area (TPSA) is 60.4 Å². The summed E-state index contributed by atoms with van der Waals surface area (Å²) in [6.07, 6.45) is 1.76. The fraction of sp³-hybridized carbons (Fsp3) is 0. The Labute approximate surface area is 207 Å². The van der Waals surface area contributed by atoms with Gasteiger partial charge in [-0.2, -0.15) is 0 Å². The van der Waals surface area contributed by atoms with Crippen LogP contribution >= 0.6 is 11.6 Å². The Kier molecular flexibility index (Phi) is 6.24. The molecule has 0 amide bonds. The molecule has 5 rings (SSSR count). The van der Waals surface area contributed by atoms with Gasteiger partial charge in [0, 0.05) is 34.6 Å². The molecule has 0 atom stereocenters. The highest BCUT2D eigenvalue weighted by Gasteiger charge is 2.18. The van der Waals surface area contributed by atoms with E-state index in [9.17, 15) is 10.1 Å². The van der Waals surface area contributed by atoms with Crippen LogP contribution in [0.4, 0.5) is 11.4 Å². The summed E-state index contributed by atoms with van der Waals surface area (Å²) in [5.41, 5.74) is 6.39. The molecule has 0 saturated carbocycles. The Morgan fingerprint density at radius 1 is 0.771 bits per heavy atom. The van der Waals surface area contributed by atoms with Crippen LogP contribution in [-0.4, -0.2) is 15.7 Å². The van der Waals surface area contributed by atoms with E-state index in [1.54, 1.807) is 18.3 Å². The van der Waals surface area contributed by atoms with Crippen molar-refractivity contribution in [3.63, 3.8) is 0 Å². The Bertz CT molecular complexity index is 1510. The predicted octanol–water partition coefficient (Wildman–Crippen LogP) is 8.12. The van der Waals surface area contributed by atoms with Gasteiger partial charge in [0.2, 0.25) is 0 Å². The Balaban J connectivity index is 1.74. The molecular formula is C29H20ClN3O2. The average Bonchev–Trinajstić information content (AvgIpc) is 3.28. The molecule has 0 saturated heterocycles. The zero-order valence-corrected chi connectivity index (χ0v) is 19.3. The number of nitrogens with zero attached hydrogens (tertiary/aromatic N) is 3. The summed E-state index contributed by atoms with van der Waals surface area (Å²) in [5, 5.41) is 11.9. The van der Waals surface area contributed by atoms with Crippen LogP contribution in [0.15, 0.2) is 120 Å². The number of rotatable bonds is 6. The molecule has 0 aliphatic carbocycles. The number of halogens is 1. The molecule has 1 heterocycles. The van der Waals surface area contributed by atoms with E-state index in [-0.39, 0.29) is 5.69 Å². The van der Waals surface area contributed by atoms with E-state index < -0.39 is 4.92 Å². The first-order chi connectivity index (χ1) is 17.1. The Morgan fingerprint density at radius 3 is 2.09 bits per heavy atom. The second-order valence-corrected chi connectivity index (χ2v) is 8.35. The van der Waals surface area contributed by atoms with Gasteiger partial charge in [-0.1, -0.05) is 78.3 Å². The van der Waals surface area contributed by atoms with Crippen molar-refractivity contribution in [2.45, 2.75) is 0 Å². The van der Waals surface area contributed by atoms with Crippen molar-refractivity contribution in [2.75, 3.05) is 0 Å². The maximum atomic E-state index is 11.2. The lowest BCUT2D eigenvalue weighted by Gasteiger charge is -2.15. The van der Waals surface area contributed by atoms with Crippen LogP contribution in [-0.2, 0) is 0 Å². The smallest absolute Gasteiger partial charge is 0.271 e. The number of non-ortho nitro benzene ring substituents is 1. The lowest BCUT2D eigenvalue weighted by Crippen LogP contribution is -2.00. The highest BCUT2D eigenvalue weighted by atomic mass is 35.5. The van der Waals surface area contributed by atoms with Crippen molar-refractivity contribution in [3.8, 4) is 28.2 Å². The summed E-state index contributed by atoms with van der Waals surface area (Å²) < 4.78 is 2.19. The lowest BCUT2D eigenvalue weighted by atomic mass is 10.1. The molecule has 35 heavy (non-hydrogen) atoms. The van der Waals surface area contributed by atoms with Gasteiger partial charge in [-0.3, -0.25) is 15.1 Å². The number of hydrogen-bond acceptors (Lipinski definition) is 3. The van der Waals surface area contributed by atoms with Gasteiger partial charge >= 0.3 is 0 Å². The van der Waals surface area contributed by atoms with Crippen LogP contribution in [0, 0.1) is 10.1 Å². The molecule has 6 heteroatoms. The molecule has 5 aromatic rings. The standard InChI is InChI=1S/C29H20ClN3O2/c30-24-14-16-26(17-15-24)32-28(21-8-3-1-4-9-21)18-23(29(32)22-10-5-2-6-11-22)20-31-25-12-7-13-27(19-25)33(34)35/h1-20H. The second kappa shape index (κ2) is 9.79. The van der Waals surface area contributed by atoms with Gasteiger partial charge in [0.15, 0.2) is 0 Å². The van der Waals surface area contributed by atoms with E-state index in [2.05, 4.69) is 39.9 Å². The molecule has 1 aromatic heterocycles. The number of benzene rings is 4. The maximum absolute atomic E-state index is 11.2. The minimum Gasteiger partial charge on any atom is -0.309 e. The number of aromatic nitrogens is 1. The minimum absolute atomic E-state index is 0.00615. The summed E-state index contributed by atoms with van der Waals surface area (Å²) in [4.78, 5) is 15.4. The molecule has 170 valence electrons. The van der Waals surface area contributed by atoms with Gasteiger partial charge in [-0.25, -0.2) is 0 Å². The third kappa shape index (κ3) is 4.76. The lowest BCUT2D eigenvalue weighted by molar-refractivity contribution is -0.384. The Morgan fingerprint density at radius 2 is 1.43 bits per heavy atom. The average molecular weight is 478 g/mol. The van der Waals surface area contributed by atoms with Crippen molar-refractivity contribution in [2.24, 2.45) is 4.99 Å².